The number of fused-ring (bicyclic) bond motifs is 1. The second-order valence-corrected chi connectivity index (χ2v) is 10.0. The zero-order valence-corrected chi connectivity index (χ0v) is 23.8. The number of likely N-dealkylation sites (N-methyl/N-ethyl adjacent to an activating group) is 1. The van der Waals surface area contributed by atoms with Crippen LogP contribution in [0.4, 0.5) is 11.4 Å². The third-order valence-electron chi connectivity index (χ3n) is 7.13. The molecule has 1 heterocycles. The first kappa shape index (κ1) is 34.3. The molecule has 10 nitrogen and oxygen atoms in total. The highest BCUT2D eigenvalue weighted by molar-refractivity contribution is 6.01. The summed E-state index contributed by atoms with van der Waals surface area (Å²) in [6.07, 6.45) is 6.88. The summed E-state index contributed by atoms with van der Waals surface area (Å²) in [5.74, 6) is 1.39. The molecule has 1 saturated carbocycles. The normalized spacial score (nSPS) is 17.9. The van der Waals surface area contributed by atoms with Crippen LogP contribution in [0.15, 0.2) is 42.5 Å². The van der Waals surface area contributed by atoms with Crippen molar-refractivity contribution in [2.75, 3.05) is 25.1 Å². The Morgan fingerprint density at radius 1 is 1.05 bits per heavy atom. The molecule has 1 aliphatic heterocycles. The number of nitrogen functional groups attached to an aromatic ring is 2. The molecule has 0 bridgehead atoms. The second-order valence-electron chi connectivity index (χ2n) is 10.0. The number of carbonyl (C=O) groups is 4. The number of nitrogens with zero attached hydrogens (tertiary/aromatic N) is 1. The summed E-state index contributed by atoms with van der Waals surface area (Å²) in [5, 5.41) is 2.55. The number of carbonyl (C=O) groups excluding carboxylic acids is 4. The average molecular weight is 555 g/mol. The molecule has 220 valence electrons. The molecule has 2 aliphatic rings. The van der Waals surface area contributed by atoms with Crippen molar-refractivity contribution in [3.05, 3.63) is 59.2 Å². The number of hydrogen-bond donors (Lipinski definition) is 5. The van der Waals surface area contributed by atoms with Gasteiger partial charge in [-0.2, -0.15) is 0 Å². The van der Waals surface area contributed by atoms with Gasteiger partial charge in [0.25, 0.3) is 5.91 Å². The van der Waals surface area contributed by atoms with Gasteiger partial charge in [0.15, 0.2) is 0 Å². The molecule has 2 aromatic carbocycles. The van der Waals surface area contributed by atoms with Crippen LogP contribution in [0.25, 0.3) is 0 Å². The summed E-state index contributed by atoms with van der Waals surface area (Å²) in [5.41, 5.74) is 25.8. The van der Waals surface area contributed by atoms with Gasteiger partial charge < -0.3 is 42.7 Å². The molecule has 1 aliphatic carbocycles. The maximum Gasteiger partial charge on any atom is 0.255 e. The molecule has 40 heavy (non-hydrogen) atoms. The van der Waals surface area contributed by atoms with Gasteiger partial charge in [-0.25, -0.2) is 0 Å². The quantitative estimate of drug-likeness (QED) is 0.255. The van der Waals surface area contributed by atoms with Gasteiger partial charge in [-0.05, 0) is 79.1 Å². The van der Waals surface area contributed by atoms with E-state index in [9.17, 15) is 14.4 Å². The van der Waals surface area contributed by atoms with Gasteiger partial charge in [0, 0.05) is 43.5 Å². The van der Waals surface area contributed by atoms with Gasteiger partial charge in [-0.1, -0.05) is 31.9 Å². The summed E-state index contributed by atoms with van der Waals surface area (Å²) < 4.78 is 0. The number of amides is 2. The van der Waals surface area contributed by atoms with E-state index in [1.807, 2.05) is 18.9 Å². The largest absolute Gasteiger partial charge is 0.399 e. The molecule has 0 aromatic heterocycles. The number of hydrogen-bond acceptors (Lipinski definition) is 8. The molecular formula is C30H46N6O4. The molecule has 9 N–H and O–H groups in total. The fourth-order valence-corrected chi connectivity index (χ4v) is 4.66. The lowest BCUT2D eigenvalue weighted by atomic mass is 9.83. The van der Waals surface area contributed by atoms with Crippen molar-refractivity contribution >= 4 is 36.3 Å². The van der Waals surface area contributed by atoms with Crippen LogP contribution in [-0.4, -0.2) is 49.4 Å². The predicted molar refractivity (Wildman–Crippen MR) is 160 cm³/mol. The zero-order chi connectivity index (χ0) is 30.1. The van der Waals surface area contributed by atoms with Crippen molar-refractivity contribution in [1.82, 2.24) is 10.2 Å². The second kappa shape index (κ2) is 18.5. The van der Waals surface area contributed by atoms with Crippen LogP contribution < -0.4 is 28.3 Å². The van der Waals surface area contributed by atoms with E-state index in [0.29, 0.717) is 25.1 Å². The Morgan fingerprint density at radius 2 is 1.62 bits per heavy atom. The van der Waals surface area contributed by atoms with Crippen molar-refractivity contribution in [2.45, 2.75) is 64.6 Å². The molecule has 2 aromatic rings. The fraction of sp³-hybridized carbons (Fsp3) is 0.467. The Balaban J connectivity index is 0.000000345. The first-order chi connectivity index (χ1) is 19.2. The minimum absolute atomic E-state index is 0.173. The maximum absolute atomic E-state index is 12.4. The highest BCUT2D eigenvalue weighted by Gasteiger charge is 2.35. The molecule has 0 saturated heterocycles. The van der Waals surface area contributed by atoms with E-state index >= 15 is 0 Å². The Kier molecular flexibility index (Phi) is 15.9. The van der Waals surface area contributed by atoms with Gasteiger partial charge in [-0.3, -0.25) is 9.59 Å². The highest BCUT2D eigenvalue weighted by Crippen LogP contribution is 2.28. The number of benzene rings is 2. The van der Waals surface area contributed by atoms with Crippen molar-refractivity contribution in [3.63, 3.8) is 0 Å². The Labute approximate surface area is 237 Å². The summed E-state index contributed by atoms with van der Waals surface area (Å²) in [6.45, 7) is 6.03. The zero-order valence-electron chi connectivity index (χ0n) is 23.8. The minimum Gasteiger partial charge on any atom is -0.399 e. The molecule has 1 unspecified atom stereocenters. The van der Waals surface area contributed by atoms with Gasteiger partial charge in [0.2, 0.25) is 5.91 Å². The van der Waals surface area contributed by atoms with E-state index in [0.717, 1.165) is 47.2 Å². The summed E-state index contributed by atoms with van der Waals surface area (Å²) in [7, 11) is 1.52. The van der Waals surface area contributed by atoms with Gasteiger partial charge in [0.05, 0.1) is 0 Å². The Bertz CT molecular complexity index is 1030. The highest BCUT2D eigenvalue weighted by atomic mass is 16.2. The number of nitrogens with two attached hydrogens (primary N) is 4. The van der Waals surface area contributed by atoms with E-state index in [-0.39, 0.29) is 18.2 Å². The van der Waals surface area contributed by atoms with E-state index in [1.165, 1.54) is 37.6 Å². The van der Waals surface area contributed by atoms with Crippen LogP contribution >= 0.6 is 0 Å². The lowest BCUT2D eigenvalue weighted by Crippen LogP contribution is -2.46. The average Bonchev–Trinajstić information content (AvgIpc) is 3.31. The molecule has 4 rings (SSSR count). The molecule has 10 heteroatoms. The monoisotopic (exact) mass is 554 g/mol. The SMILES string of the molecule is C=O.CC1CCC(CN)CC1.CNC(=O)C(CCC=O)N1Cc2cc(CN)ccc2C1=O.Nc1ccc(N)cc1. The fourth-order valence-electron chi connectivity index (χ4n) is 4.66. The third-order valence-corrected chi connectivity index (χ3v) is 7.13. The van der Waals surface area contributed by atoms with Crippen LogP contribution in [0.3, 0.4) is 0 Å². The molecule has 1 atom stereocenters. The summed E-state index contributed by atoms with van der Waals surface area (Å²) >= 11 is 0. The lowest BCUT2D eigenvalue weighted by Gasteiger charge is -2.25. The first-order valence-corrected chi connectivity index (χ1v) is 13.6. The molecule has 0 radical (unpaired) electrons. The molecular weight excluding hydrogens is 508 g/mol. The van der Waals surface area contributed by atoms with Crippen molar-refractivity contribution < 1.29 is 19.2 Å². The standard InChI is InChI=1S/C15H19N3O3.C8H17N.C6H8N2.CH2O/c1-17-14(20)13(3-2-6-19)18-9-11-7-10(8-16)4-5-12(11)15(18)21;1-7-2-4-8(6-9)5-3-7;7-5-1-2-6(8)4-3-5;1-2/h4-7,13H,2-3,8-9,16H2,1H3,(H,17,20);7-8H,2-6,9H2,1H3;1-4H,7-8H2;1H2. The topological polar surface area (TPSA) is 188 Å². The van der Waals surface area contributed by atoms with E-state index < -0.39 is 6.04 Å². The predicted octanol–water partition coefficient (Wildman–Crippen LogP) is 2.63. The Hall–Kier alpha value is -3.76. The van der Waals surface area contributed by atoms with Gasteiger partial charge in [0.1, 0.15) is 19.1 Å². The van der Waals surface area contributed by atoms with Gasteiger partial charge >= 0.3 is 0 Å². The van der Waals surface area contributed by atoms with E-state index in [4.69, 9.17) is 27.7 Å². The maximum atomic E-state index is 12.4. The van der Waals surface area contributed by atoms with Crippen molar-refractivity contribution in [1.29, 1.82) is 0 Å². The molecule has 1 fully saturated rings. The van der Waals surface area contributed by atoms with Crippen LogP contribution in [0.5, 0.6) is 0 Å². The summed E-state index contributed by atoms with van der Waals surface area (Å²) in [4.78, 5) is 44.5. The van der Waals surface area contributed by atoms with Crippen molar-refractivity contribution in [3.8, 4) is 0 Å². The summed E-state index contributed by atoms with van der Waals surface area (Å²) in [6, 6.07) is 11.9. The lowest BCUT2D eigenvalue weighted by molar-refractivity contribution is -0.125. The molecule has 2 amide bonds. The van der Waals surface area contributed by atoms with Gasteiger partial charge in [-0.15, -0.1) is 0 Å². The smallest absolute Gasteiger partial charge is 0.255 e. The number of anilines is 2. The number of rotatable bonds is 7. The number of aldehydes is 1. The molecule has 0 spiro atoms. The third kappa shape index (κ3) is 10.8. The van der Waals surface area contributed by atoms with E-state index in [1.54, 1.807) is 30.3 Å². The number of nitrogens with one attached hydrogen (secondary N) is 1. The van der Waals surface area contributed by atoms with Crippen LogP contribution in [0, 0.1) is 11.8 Å². The van der Waals surface area contributed by atoms with Crippen LogP contribution in [-0.2, 0) is 27.5 Å². The van der Waals surface area contributed by atoms with Crippen LogP contribution in [0.2, 0.25) is 0 Å². The van der Waals surface area contributed by atoms with Crippen LogP contribution in [0.1, 0.15) is 66.9 Å². The van der Waals surface area contributed by atoms with Crippen molar-refractivity contribution in [2.24, 2.45) is 23.3 Å². The Morgan fingerprint density at radius 3 is 2.10 bits per heavy atom. The first-order valence-electron chi connectivity index (χ1n) is 13.6. The van der Waals surface area contributed by atoms with E-state index in [2.05, 4.69) is 12.2 Å². The minimum atomic E-state index is -0.624.